The van der Waals surface area contributed by atoms with Crippen LogP contribution >= 0.6 is 0 Å². The molecule has 0 spiro atoms. The molecule has 0 bridgehead atoms. The van der Waals surface area contributed by atoms with Gasteiger partial charge >= 0.3 is 0 Å². The van der Waals surface area contributed by atoms with Gasteiger partial charge in [-0.15, -0.1) is 0 Å². The SMILES string of the molecule is CCNC(=NCC(CO)c1ccccc1)NCCCc1ccc(OC)cc1. The largest absolute Gasteiger partial charge is 0.497 e. The molecule has 27 heavy (non-hydrogen) atoms. The molecule has 1 unspecified atom stereocenters. The highest BCUT2D eigenvalue weighted by Gasteiger charge is 2.09. The predicted molar refractivity (Wildman–Crippen MR) is 112 cm³/mol. The summed E-state index contributed by atoms with van der Waals surface area (Å²) in [5, 5.41) is 16.3. The number of hydrogen-bond acceptors (Lipinski definition) is 3. The molecule has 5 nitrogen and oxygen atoms in total. The van der Waals surface area contributed by atoms with Crippen LogP contribution in [-0.4, -0.2) is 44.4 Å². The number of guanidine groups is 1. The number of aliphatic hydroxyl groups excluding tert-OH is 1. The van der Waals surface area contributed by atoms with Gasteiger partial charge in [0.25, 0.3) is 0 Å². The molecule has 0 aliphatic rings. The molecule has 1 atom stereocenters. The molecule has 2 aromatic rings. The molecule has 2 aromatic carbocycles. The number of aliphatic imine (C=N–C) groups is 1. The lowest BCUT2D eigenvalue weighted by Gasteiger charge is -2.15. The van der Waals surface area contributed by atoms with Crippen molar-refractivity contribution in [1.82, 2.24) is 10.6 Å². The van der Waals surface area contributed by atoms with E-state index in [1.165, 1.54) is 5.56 Å². The third-order valence-electron chi connectivity index (χ3n) is 4.40. The molecule has 0 aromatic heterocycles. The molecule has 0 aliphatic carbocycles. The van der Waals surface area contributed by atoms with Gasteiger partial charge in [0.05, 0.1) is 20.3 Å². The van der Waals surface area contributed by atoms with Gasteiger partial charge in [0, 0.05) is 19.0 Å². The van der Waals surface area contributed by atoms with Crippen molar-refractivity contribution in [2.24, 2.45) is 4.99 Å². The summed E-state index contributed by atoms with van der Waals surface area (Å²) in [7, 11) is 1.68. The first-order valence-corrected chi connectivity index (χ1v) is 9.57. The molecular formula is C22H31N3O2. The fourth-order valence-corrected chi connectivity index (χ4v) is 2.83. The van der Waals surface area contributed by atoms with Crippen molar-refractivity contribution in [3.05, 3.63) is 65.7 Å². The Morgan fingerprint density at radius 3 is 2.44 bits per heavy atom. The molecule has 0 aliphatic heterocycles. The Balaban J connectivity index is 1.81. The smallest absolute Gasteiger partial charge is 0.191 e. The van der Waals surface area contributed by atoms with E-state index >= 15 is 0 Å². The van der Waals surface area contributed by atoms with E-state index in [9.17, 15) is 5.11 Å². The first-order valence-electron chi connectivity index (χ1n) is 9.57. The molecule has 0 amide bonds. The summed E-state index contributed by atoms with van der Waals surface area (Å²) in [4.78, 5) is 4.65. The van der Waals surface area contributed by atoms with E-state index in [0.717, 1.165) is 43.2 Å². The number of hydrogen-bond donors (Lipinski definition) is 3. The van der Waals surface area contributed by atoms with Crippen molar-refractivity contribution in [1.29, 1.82) is 0 Å². The average molecular weight is 370 g/mol. The molecule has 0 heterocycles. The maximum atomic E-state index is 9.68. The van der Waals surface area contributed by atoms with E-state index in [2.05, 4.69) is 34.7 Å². The van der Waals surface area contributed by atoms with Crippen molar-refractivity contribution >= 4 is 5.96 Å². The van der Waals surface area contributed by atoms with Gasteiger partial charge in [-0.3, -0.25) is 4.99 Å². The van der Waals surface area contributed by atoms with Crippen molar-refractivity contribution in [3.63, 3.8) is 0 Å². The third-order valence-corrected chi connectivity index (χ3v) is 4.40. The zero-order valence-electron chi connectivity index (χ0n) is 16.3. The summed E-state index contributed by atoms with van der Waals surface area (Å²) in [6, 6.07) is 18.2. The highest BCUT2D eigenvalue weighted by Crippen LogP contribution is 2.15. The first kappa shape index (κ1) is 20.8. The summed E-state index contributed by atoms with van der Waals surface area (Å²) < 4.78 is 5.19. The van der Waals surface area contributed by atoms with Crippen LogP contribution in [0.4, 0.5) is 0 Å². The van der Waals surface area contributed by atoms with E-state index in [0.29, 0.717) is 6.54 Å². The van der Waals surface area contributed by atoms with Crippen LogP contribution in [0.25, 0.3) is 0 Å². The Kier molecular flexibility index (Phi) is 9.21. The molecule has 0 radical (unpaired) electrons. The lowest BCUT2D eigenvalue weighted by Crippen LogP contribution is -2.38. The van der Waals surface area contributed by atoms with E-state index < -0.39 is 0 Å². The van der Waals surface area contributed by atoms with Crippen molar-refractivity contribution in [3.8, 4) is 5.75 Å². The maximum absolute atomic E-state index is 9.68. The van der Waals surface area contributed by atoms with Crippen LogP contribution < -0.4 is 15.4 Å². The molecular weight excluding hydrogens is 338 g/mol. The van der Waals surface area contributed by atoms with Crippen LogP contribution in [0.3, 0.4) is 0 Å². The van der Waals surface area contributed by atoms with Crippen LogP contribution in [0, 0.1) is 0 Å². The molecule has 3 N–H and O–H groups in total. The zero-order chi connectivity index (χ0) is 19.3. The molecule has 0 fully saturated rings. The summed E-state index contributed by atoms with van der Waals surface area (Å²) in [6.07, 6.45) is 2.01. The minimum atomic E-state index is 0.0148. The van der Waals surface area contributed by atoms with Crippen molar-refractivity contribution in [2.45, 2.75) is 25.7 Å². The van der Waals surface area contributed by atoms with Gasteiger partial charge in [-0.25, -0.2) is 0 Å². The van der Waals surface area contributed by atoms with Crippen LogP contribution in [0.1, 0.15) is 30.4 Å². The topological polar surface area (TPSA) is 65.9 Å². The summed E-state index contributed by atoms with van der Waals surface area (Å²) in [5.41, 5.74) is 2.41. The van der Waals surface area contributed by atoms with E-state index in [1.54, 1.807) is 7.11 Å². The van der Waals surface area contributed by atoms with E-state index in [-0.39, 0.29) is 12.5 Å². The number of aliphatic hydroxyl groups is 1. The van der Waals surface area contributed by atoms with Gasteiger partial charge in [-0.05, 0) is 43.0 Å². The fourth-order valence-electron chi connectivity index (χ4n) is 2.83. The van der Waals surface area contributed by atoms with Gasteiger partial charge in [0.1, 0.15) is 5.75 Å². The lowest BCUT2D eigenvalue weighted by atomic mass is 10.0. The lowest BCUT2D eigenvalue weighted by molar-refractivity contribution is 0.268. The molecule has 5 heteroatoms. The number of ether oxygens (including phenoxy) is 1. The molecule has 0 saturated carbocycles. The monoisotopic (exact) mass is 369 g/mol. The second kappa shape index (κ2) is 12.0. The van der Waals surface area contributed by atoms with Gasteiger partial charge in [0.15, 0.2) is 5.96 Å². The van der Waals surface area contributed by atoms with Crippen LogP contribution in [-0.2, 0) is 6.42 Å². The predicted octanol–water partition coefficient (Wildman–Crippen LogP) is 2.96. The fraction of sp³-hybridized carbons (Fsp3) is 0.409. The third kappa shape index (κ3) is 7.31. The molecule has 146 valence electrons. The Bertz CT molecular complexity index is 672. The highest BCUT2D eigenvalue weighted by molar-refractivity contribution is 5.79. The number of nitrogens with zero attached hydrogens (tertiary/aromatic N) is 1. The normalized spacial score (nSPS) is 12.5. The van der Waals surface area contributed by atoms with Crippen molar-refractivity contribution < 1.29 is 9.84 Å². The Morgan fingerprint density at radius 1 is 1.07 bits per heavy atom. The number of benzene rings is 2. The maximum Gasteiger partial charge on any atom is 0.191 e. The number of methoxy groups -OCH3 is 1. The molecule has 0 saturated heterocycles. The number of rotatable bonds is 10. The van der Waals surface area contributed by atoms with Gasteiger partial charge in [-0.2, -0.15) is 0 Å². The van der Waals surface area contributed by atoms with Crippen LogP contribution in [0.5, 0.6) is 5.75 Å². The minimum absolute atomic E-state index is 0.0148. The quantitative estimate of drug-likeness (QED) is 0.342. The number of aryl methyl sites for hydroxylation is 1. The summed E-state index contributed by atoms with van der Waals surface area (Å²) in [5.74, 6) is 1.69. The molecule has 2 rings (SSSR count). The Morgan fingerprint density at radius 2 is 1.81 bits per heavy atom. The highest BCUT2D eigenvalue weighted by atomic mass is 16.5. The average Bonchev–Trinajstić information content (AvgIpc) is 2.72. The Labute approximate surface area is 162 Å². The van der Waals surface area contributed by atoms with Crippen molar-refractivity contribution in [2.75, 3.05) is 33.4 Å². The Hall–Kier alpha value is -2.53. The van der Waals surface area contributed by atoms with Gasteiger partial charge in [-0.1, -0.05) is 42.5 Å². The number of nitrogens with one attached hydrogen (secondary N) is 2. The minimum Gasteiger partial charge on any atom is -0.497 e. The summed E-state index contributed by atoms with van der Waals surface area (Å²) in [6.45, 7) is 4.33. The second-order valence-corrected chi connectivity index (χ2v) is 6.39. The van der Waals surface area contributed by atoms with E-state index in [1.807, 2.05) is 42.5 Å². The standard InChI is InChI=1S/C22H31N3O2/c1-3-23-22(25-16-20(17-26)19-9-5-4-6-10-19)24-15-7-8-18-11-13-21(27-2)14-12-18/h4-6,9-14,20,26H,3,7-8,15-17H2,1-2H3,(H2,23,24,25). The van der Waals surface area contributed by atoms with Crippen LogP contribution in [0.2, 0.25) is 0 Å². The van der Waals surface area contributed by atoms with Crippen LogP contribution in [0.15, 0.2) is 59.6 Å². The summed E-state index contributed by atoms with van der Waals surface area (Å²) >= 11 is 0. The van der Waals surface area contributed by atoms with Gasteiger partial charge < -0.3 is 20.5 Å². The zero-order valence-corrected chi connectivity index (χ0v) is 16.3. The first-order chi connectivity index (χ1) is 13.3. The van der Waals surface area contributed by atoms with Gasteiger partial charge in [0.2, 0.25) is 0 Å². The second-order valence-electron chi connectivity index (χ2n) is 6.39. The van der Waals surface area contributed by atoms with E-state index in [4.69, 9.17) is 4.74 Å².